The van der Waals surface area contributed by atoms with Gasteiger partial charge in [0.15, 0.2) is 0 Å². The van der Waals surface area contributed by atoms with Gasteiger partial charge in [0.05, 0.1) is 5.69 Å². The molecule has 2 aliphatic carbocycles. The van der Waals surface area contributed by atoms with Crippen LogP contribution in [0.1, 0.15) is 40.0 Å². The van der Waals surface area contributed by atoms with Gasteiger partial charge in [-0.05, 0) is 58.6 Å². The summed E-state index contributed by atoms with van der Waals surface area (Å²) in [4.78, 5) is 0. The lowest BCUT2D eigenvalue weighted by atomic mass is 9.71. The second-order valence-corrected chi connectivity index (χ2v) is 8.60. The van der Waals surface area contributed by atoms with Gasteiger partial charge in [-0.3, -0.25) is 0 Å². The lowest BCUT2D eigenvalue weighted by Gasteiger charge is -2.38. The predicted molar refractivity (Wildman–Crippen MR) is 88.0 cm³/mol. The van der Waals surface area contributed by atoms with E-state index >= 15 is 0 Å². The van der Waals surface area contributed by atoms with Crippen molar-refractivity contribution in [2.45, 2.75) is 50.4 Å². The SMILES string of the molecule is CC1(C)C2CCC1(C)[C@H](Sc1nnnn1-c1ccccc1)C2. The number of hydrogen-bond acceptors (Lipinski definition) is 4. The minimum Gasteiger partial charge on any atom is -0.188 e. The molecule has 2 unspecified atom stereocenters. The van der Waals surface area contributed by atoms with Crippen LogP contribution in [-0.4, -0.2) is 25.5 Å². The Morgan fingerprint density at radius 3 is 2.59 bits per heavy atom. The number of benzene rings is 1. The smallest absolute Gasteiger partial charge is 0.188 e. The second kappa shape index (κ2) is 4.82. The normalized spacial score (nSPS) is 32.5. The molecule has 0 aliphatic heterocycles. The topological polar surface area (TPSA) is 43.6 Å². The van der Waals surface area contributed by atoms with Crippen molar-refractivity contribution in [1.29, 1.82) is 0 Å². The van der Waals surface area contributed by atoms with Crippen LogP contribution in [0.25, 0.3) is 5.69 Å². The molecule has 4 rings (SSSR count). The molecule has 0 radical (unpaired) electrons. The van der Waals surface area contributed by atoms with Crippen LogP contribution in [0.4, 0.5) is 0 Å². The van der Waals surface area contributed by atoms with E-state index in [1.165, 1.54) is 19.3 Å². The Hall–Kier alpha value is -1.36. The van der Waals surface area contributed by atoms with E-state index in [1.807, 2.05) is 46.8 Å². The van der Waals surface area contributed by atoms with Gasteiger partial charge in [0.1, 0.15) is 0 Å². The molecule has 2 aliphatic rings. The molecule has 2 saturated carbocycles. The van der Waals surface area contributed by atoms with Crippen LogP contribution in [-0.2, 0) is 0 Å². The highest BCUT2D eigenvalue weighted by atomic mass is 32.2. The third-order valence-electron chi connectivity index (χ3n) is 6.40. The average molecular weight is 314 g/mol. The van der Waals surface area contributed by atoms with Crippen molar-refractivity contribution in [3.8, 4) is 5.69 Å². The second-order valence-electron chi connectivity index (χ2n) is 7.43. The summed E-state index contributed by atoms with van der Waals surface area (Å²) >= 11 is 1.87. The fourth-order valence-electron chi connectivity index (χ4n) is 4.42. The van der Waals surface area contributed by atoms with E-state index in [0.29, 0.717) is 16.1 Å². The summed E-state index contributed by atoms with van der Waals surface area (Å²) in [6.07, 6.45) is 4.00. The summed E-state index contributed by atoms with van der Waals surface area (Å²) in [5.74, 6) is 0.844. The lowest BCUT2D eigenvalue weighted by molar-refractivity contribution is 0.156. The molecule has 0 amide bonds. The molecule has 2 fully saturated rings. The van der Waals surface area contributed by atoms with Crippen molar-refractivity contribution in [3.63, 3.8) is 0 Å². The lowest BCUT2D eigenvalue weighted by Crippen LogP contribution is -2.34. The number of tetrazole rings is 1. The van der Waals surface area contributed by atoms with Gasteiger partial charge in [-0.2, -0.15) is 4.68 Å². The largest absolute Gasteiger partial charge is 0.214 e. The van der Waals surface area contributed by atoms with Crippen molar-refractivity contribution >= 4 is 11.8 Å². The fourth-order valence-corrected chi connectivity index (χ4v) is 6.01. The number of aromatic nitrogens is 4. The minimum atomic E-state index is 0.385. The van der Waals surface area contributed by atoms with E-state index in [0.717, 1.165) is 16.8 Å². The maximum absolute atomic E-state index is 4.28. The van der Waals surface area contributed by atoms with Gasteiger partial charge in [-0.1, -0.05) is 50.7 Å². The maximum Gasteiger partial charge on any atom is 0.214 e. The third kappa shape index (κ3) is 1.87. The van der Waals surface area contributed by atoms with Gasteiger partial charge < -0.3 is 0 Å². The molecule has 3 atom stereocenters. The van der Waals surface area contributed by atoms with E-state index in [9.17, 15) is 0 Å². The molecule has 2 bridgehead atoms. The first-order valence-corrected chi connectivity index (χ1v) is 8.91. The van der Waals surface area contributed by atoms with Crippen molar-refractivity contribution in [2.24, 2.45) is 16.7 Å². The summed E-state index contributed by atoms with van der Waals surface area (Å²) in [5, 5.41) is 13.9. The molecular formula is C17H22N4S. The molecule has 1 heterocycles. The number of thioether (sulfide) groups is 1. The first-order chi connectivity index (χ1) is 10.5. The molecule has 22 heavy (non-hydrogen) atoms. The molecule has 1 aromatic carbocycles. The monoisotopic (exact) mass is 314 g/mol. The quantitative estimate of drug-likeness (QED) is 0.860. The zero-order valence-corrected chi connectivity index (χ0v) is 14.2. The molecule has 0 N–H and O–H groups in total. The summed E-state index contributed by atoms with van der Waals surface area (Å²) in [6.45, 7) is 7.37. The van der Waals surface area contributed by atoms with Crippen molar-refractivity contribution in [2.75, 3.05) is 0 Å². The van der Waals surface area contributed by atoms with Gasteiger partial charge in [-0.15, -0.1) is 5.10 Å². The van der Waals surface area contributed by atoms with Crippen molar-refractivity contribution in [3.05, 3.63) is 30.3 Å². The molecule has 1 aromatic heterocycles. The molecule has 0 spiro atoms. The average Bonchev–Trinajstić information content (AvgIpc) is 3.11. The summed E-state index contributed by atoms with van der Waals surface area (Å²) in [5.41, 5.74) is 1.84. The Bertz CT molecular complexity index is 681. The van der Waals surface area contributed by atoms with Crippen LogP contribution < -0.4 is 0 Å². The molecule has 4 nitrogen and oxygen atoms in total. The van der Waals surface area contributed by atoms with Crippen molar-refractivity contribution in [1.82, 2.24) is 20.2 Å². The molecule has 0 saturated heterocycles. The van der Waals surface area contributed by atoms with Gasteiger partial charge in [0.25, 0.3) is 0 Å². The fraction of sp³-hybridized carbons (Fsp3) is 0.588. The summed E-state index contributed by atoms with van der Waals surface area (Å²) < 4.78 is 1.87. The highest BCUT2D eigenvalue weighted by Gasteiger charge is 2.61. The first-order valence-electron chi connectivity index (χ1n) is 8.03. The maximum atomic E-state index is 4.28. The third-order valence-corrected chi connectivity index (χ3v) is 7.87. The highest BCUT2D eigenvalue weighted by Crippen LogP contribution is 2.68. The van der Waals surface area contributed by atoms with Gasteiger partial charge in [0, 0.05) is 5.25 Å². The Morgan fingerprint density at radius 2 is 1.95 bits per heavy atom. The zero-order chi connectivity index (χ0) is 15.4. The van der Waals surface area contributed by atoms with E-state index < -0.39 is 0 Å². The zero-order valence-electron chi connectivity index (χ0n) is 13.4. The summed E-state index contributed by atoms with van der Waals surface area (Å²) in [7, 11) is 0. The van der Waals surface area contributed by atoms with E-state index in [-0.39, 0.29) is 0 Å². The van der Waals surface area contributed by atoms with Gasteiger partial charge in [0.2, 0.25) is 5.16 Å². The molecule has 116 valence electrons. The Balaban J connectivity index is 1.63. The Labute approximate surface area is 135 Å². The van der Waals surface area contributed by atoms with E-state index in [4.69, 9.17) is 0 Å². The first kappa shape index (κ1) is 14.2. The van der Waals surface area contributed by atoms with Gasteiger partial charge >= 0.3 is 0 Å². The molecule has 2 aromatic rings. The molecule has 5 heteroatoms. The number of para-hydroxylation sites is 1. The Morgan fingerprint density at radius 1 is 1.18 bits per heavy atom. The predicted octanol–water partition coefficient (Wildman–Crippen LogP) is 3.97. The van der Waals surface area contributed by atoms with E-state index in [1.54, 1.807) is 0 Å². The Kier molecular flexibility index (Phi) is 3.12. The highest BCUT2D eigenvalue weighted by molar-refractivity contribution is 7.99. The number of fused-ring (bicyclic) bond motifs is 2. The van der Waals surface area contributed by atoms with Crippen LogP contribution in [0.3, 0.4) is 0 Å². The van der Waals surface area contributed by atoms with Crippen LogP contribution >= 0.6 is 11.8 Å². The van der Waals surface area contributed by atoms with Crippen molar-refractivity contribution < 1.29 is 0 Å². The van der Waals surface area contributed by atoms with Crippen LogP contribution in [0, 0.1) is 16.7 Å². The number of rotatable bonds is 3. The minimum absolute atomic E-state index is 0.385. The van der Waals surface area contributed by atoms with Crippen LogP contribution in [0.2, 0.25) is 0 Å². The number of hydrogen-bond donors (Lipinski definition) is 0. The number of nitrogens with zero attached hydrogens (tertiary/aromatic N) is 4. The summed E-state index contributed by atoms with van der Waals surface area (Å²) in [6, 6.07) is 10.2. The standard InChI is InChI=1S/C17H22N4S/c1-16(2)12-9-10-17(16,3)14(11-12)22-15-18-19-20-21(15)13-7-5-4-6-8-13/h4-8,12,14H,9-11H2,1-3H3/t12?,14-,17?/m1/s1. The molecular weight excluding hydrogens is 292 g/mol. The van der Waals surface area contributed by atoms with Gasteiger partial charge in [-0.25, -0.2) is 0 Å². The van der Waals surface area contributed by atoms with Crippen LogP contribution in [0.15, 0.2) is 35.5 Å². The van der Waals surface area contributed by atoms with Crippen LogP contribution in [0.5, 0.6) is 0 Å². The van der Waals surface area contributed by atoms with E-state index in [2.05, 4.69) is 36.3 Å².